The Balaban J connectivity index is 1.27. The topological polar surface area (TPSA) is 108 Å². The van der Waals surface area contributed by atoms with Gasteiger partial charge in [0.05, 0.1) is 45.7 Å². The molecule has 282 valence electrons. The highest BCUT2D eigenvalue weighted by molar-refractivity contribution is 5.72. The number of para-hydroxylation sites is 1. The molecular weight excluding hydrogens is 658 g/mol. The number of hydrogen-bond acceptors (Lipinski definition) is 8. The Morgan fingerprint density at radius 2 is 1.81 bits per heavy atom. The molecule has 1 saturated heterocycles. The zero-order valence-corrected chi connectivity index (χ0v) is 32.0. The predicted octanol–water partition coefficient (Wildman–Crippen LogP) is 7.76. The van der Waals surface area contributed by atoms with E-state index in [0.29, 0.717) is 52.3 Å². The Morgan fingerprint density at radius 3 is 2.54 bits per heavy atom. The molecule has 10 heteroatoms. The van der Waals surface area contributed by atoms with Gasteiger partial charge in [0.15, 0.2) is 0 Å². The Hall–Kier alpha value is -4.28. The van der Waals surface area contributed by atoms with Crippen molar-refractivity contribution < 1.29 is 33.3 Å². The van der Waals surface area contributed by atoms with Crippen LogP contribution in [-0.2, 0) is 31.0 Å². The van der Waals surface area contributed by atoms with Crippen LogP contribution in [0.25, 0.3) is 0 Å². The fraction of sp³-hybridized carbons (Fsp3) is 0.524. The molecule has 2 heterocycles. The summed E-state index contributed by atoms with van der Waals surface area (Å²) in [5, 5.41) is 6.51. The molecule has 0 aromatic heterocycles. The van der Waals surface area contributed by atoms with Crippen molar-refractivity contribution in [1.82, 2.24) is 10.2 Å². The number of methoxy groups -OCH3 is 1. The minimum absolute atomic E-state index is 0.0332. The summed E-state index contributed by atoms with van der Waals surface area (Å²) in [5.74, 6) is 1.57. The third-order valence-corrected chi connectivity index (χ3v) is 9.66. The van der Waals surface area contributed by atoms with Crippen molar-refractivity contribution in [1.29, 1.82) is 0 Å². The van der Waals surface area contributed by atoms with Gasteiger partial charge in [0.1, 0.15) is 17.1 Å². The second-order valence-corrected chi connectivity index (χ2v) is 15.4. The molecule has 0 saturated carbocycles. The summed E-state index contributed by atoms with van der Waals surface area (Å²) in [4.78, 5) is 26.8. The Kier molecular flexibility index (Phi) is 13.1. The number of anilines is 1. The van der Waals surface area contributed by atoms with Crippen LogP contribution in [0.2, 0.25) is 0 Å². The molecule has 2 amide bonds. The van der Waals surface area contributed by atoms with Gasteiger partial charge in [-0.05, 0) is 74.6 Å². The lowest BCUT2D eigenvalue weighted by molar-refractivity contribution is -0.119. The highest BCUT2D eigenvalue weighted by Crippen LogP contribution is 2.40. The lowest BCUT2D eigenvalue weighted by atomic mass is 9.85. The number of benzene rings is 3. The van der Waals surface area contributed by atoms with Gasteiger partial charge >= 0.3 is 6.09 Å². The van der Waals surface area contributed by atoms with E-state index in [2.05, 4.69) is 54.8 Å². The number of amides is 2. The molecule has 10 nitrogen and oxygen atoms in total. The summed E-state index contributed by atoms with van der Waals surface area (Å²) in [7, 11) is 1.67. The van der Waals surface area contributed by atoms with Crippen molar-refractivity contribution in [2.45, 2.75) is 96.6 Å². The van der Waals surface area contributed by atoms with E-state index >= 15 is 0 Å². The molecule has 5 rings (SSSR count). The number of piperidine rings is 1. The van der Waals surface area contributed by atoms with Crippen LogP contribution in [0.1, 0.15) is 95.1 Å². The van der Waals surface area contributed by atoms with Crippen LogP contribution < -0.4 is 20.1 Å². The zero-order valence-electron chi connectivity index (χ0n) is 32.0. The number of ether oxygens (including phenoxy) is 5. The summed E-state index contributed by atoms with van der Waals surface area (Å²) in [6, 6.07) is 22.6. The lowest BCUT2D eigenvalue weighted by Gasteiger charge is -2.40. The first-order chi connectivity index (χ1) is 24.8. The molecular formula is C42H57N3O7. The summed E-state index contributed by atoms with van der Waals surface area (Å²) < 4.78 is 30.1. The monoisotopic (exact) mass is 715 g/mol. The maximum atomic E-state index is 13.3. The highest BCUT2D eigenvalue weighted by Gasteiger charge is 2.37. The van der Waals surface area contributed by atoms with E-state index in [1.807, 2.05) is 57.2 Å². The van der Waals surface area contributed by atoms with Crippen LogP contribution in [0.15, 0.2) is 66.7 Å². The predicted molar refractivity (Wildman–Crippen MR) is 203 cm³/mol. The van der Waals surface area contributed by atoms with E-state index in [4.69, 9.17) is 23.7 Å². The lowest BCUT2D eigenvalue weighted by Crippen LogP contribution is -2.48. The van der Waals surface area contributed by atoms with E-state index < -0.39 is 5.60 Å². The number of carbonyl (C=O) groups is 2. The van der Waals surface area contributed by atoms with Gasteiger partial charge in [-0.1, -0.05) is 56.3 Å². The van der Waals surface area contributed by atoms with E-state index in [1.165, 1.54) is 12.5 Å². The van der Waals surface area contributed by atoms with Gasteiger partial charge in [-0.25, -0.2) is 4.79 Å². The molecule has 0 spiro atoms. The van der Waals surface area contributed by atoms with Crippen LogP contribution in [-0.4, -0.2) is 75.1 Å². The third kappa shape index (κ3) is 10.6. The normalized spacial score (nSPS) is 18.6. The summed E-state index contributed by atoms with van der Waals surface area (Å²) in [5.41, 5.74) is 5.03. The fourth-order valence-electron chi connectivity index (χ4n) is 6.91. The van der Waals surface area contributed by atoms with Crippen LogP contribution in [0, 0.1) is 0 Å². The maximum absolute atomic E-state index is 13.3. The van der Waals surface area contributed by atoms with Crippen molar-refractivity contribution in [3.05, 3.63) is 89.0 Å². The smallest absolute Gasteiger partial charge is 0.410 e. The molecule has 3 atom stereocenters. The van der Waals surface area contributed by atoms with E-state index in [0.717, 1.165) is 46.8 Å². The zero-order chi connectivity index (χ0) is 37.3. The van der Waals surface area contributed by atoms with Gasteiger partial charge < -0.3 is 39.2 Å². The van der Waals surface area contributed by atoms with Crippen molar-refractivity contribution in [2.24, 2.45) is 0 Å². The van der Waals surface area contributed by atoms with Gasteiger partial charge in [0.2, 0.25) is 5.91 Å². The maximum Gasteiger partial charge on any atom is 0.410 e. The number of hydrogen-bond donors (Lipinski definition) is 2. The van der Waals surface area contributed by atoms with Crippen LogP contribution in [0.5, 0.6) is 11.5 Å². The Bertz CT molecular complexity index is 1640. The molecule has 3 unspecified atom stereocenters. The van der Waals surface area contributed by atoms with Gasteiger partial charge in [0.25, 0.3) is 0 Å². The summed E-state index contributed by atoms with van der Waals surface area (Å²) in [6.45, 7) is 15.5. The first kappa shape index (κ1) is 38.9. The van der Waals surface area contributed by atoms with Crippen molar-refractivity contribution in [3.63, 3.8) is 0 Å². The second kappa shape index (κ2) is 17.5. The van der Waals surface area contributed by atoms with Crippen LogP contribution in [0.3, 0.4) is 0 Å². The van der Waals surface area contributed by atoms with Crippen molar-refractivity contribution in [3.8, 4) is 11.5 Å². The second-order valence-electron chi connectivity index (χ2n) is 15.4. The number of rotatable bonds is 15. The summed E-state index contributed by atoms with van der Waals surface area (Å²) >= 11 is 0. The fourth-order valence-corrected chi connectivity index (χ4v) is 6.91. The molecule has 2 aliphatic heterocycles. The molecule has 0 radical (unpaired) electrons. The Morgan fingerprint density at radius 1 is 1.04 bits per heavy atom. The highest BCUT2D eigenvalue weighted by atomic mass is 16.6. The van der Waals surface area contributed by atoms with Gasteiger partial charge in [0, 0.05) is 55.6 Å². The molecule has 2 N–H and O–H groups in total. The first-order valence-electron chi connectivity index (χ1n) is 18.5. The number of likely N-dealkylation sites (tertiary alicyclic amines) is 1. The number of nitrogens with zero attached hydrogens (tertiary/aromatic N) is 1. The van der Waals surface area contributed by atoms with E-state index in [-0.39, 0.29) is 35.5 Å². The average molecular weight is 716 g/mol. The van der Waals surface area contributed by atoms with E-state index in [1.54, 1.807) is 12.0 Å². The molecule has 3 aromatic carbocycles. The van der Waals surface area contributed by atoms with Crippen LogP contribution in [0.4, 0.5) is 10.5 Å². The molecule has 2 aliphatic rings. The molecule has 0 bridgehead atoms. The van der Waals surface area contributed by atoms with Gasteiger partial charge in [-0.2, -0.15) is 0 Å². The third-order valence-electron chi connectivity index (χ3n) is 9.66. The largest absolute Gasteiger partial charge is 0.496 e. The van der Waals surface area contributed by atoms with Crippen molar-refractivity contribution >= 4 is 17.7 Å². The number of fused-ring (bicyclic) bond motifs is 1. The average Bonchev–Trinajstić information content (AvgIpc) is 3.42. The standard InChI is InChI=1S/C42H57N3O7/c1-29(46)43-21-19-38(31-15-18-35-36(25-31)44-28-42(35,5)6)51-39-26-45(40(47)52-41(2,3)4)22-20-34(39)30-13-16-33(17-14-30)50-24-10-23-49-27-32-11-8-9-12-37(32)48-7/h8-9,11-18,25,34,38-39,44H,10,19-24,26-28H2,1-7H3,(H,43,46). The van der Waals surface area contributed by atoms with Gasteiger partial charge in [-0.3, -0.25) is 4.79 Å². The van der Waals surface area contributed by atoms with Gasteiger partial charge in [-0.15, -0.1) is 0 Å². The molecule has 3 aromatic rings. The molecule has 0 aliphatic carbocycles. The first-order valence-corrected chi connectivity index (χ1v) is 18.5. The van der Waals surface area contributed by atoms with Crippen molar-refractivity contribution in [2.75, 3.05) is 51.8 Å². The van der Waals surface area contributed by atoms with E-state index in [9.17, 15) is 9.59 Å². The minimum Gasteiger partial charge on any atom is -0.496 e. The summed E-state index contributed by atoms with van der Waals surface area (Å²) in [6.07, 6.45) is 1.11. The number of nitrogens with one attached hydrogen (secondary N) is 2. The molecule has 52 heavy (non-hydrogen) atoms. The number of carbonyl (C=O) groups excluding carboxylic acids is 2. The SMILES string of the molecule is COc1ccccc1COCCCOc1ccc(C2CCN(C(=O)OC(C)(C)C)CC2OC(CCNC(C)=O)c2ccc3c(c2)NCC3(C)C)cc1. The Labute approximate surface area is 309 Å². The quantitative estimate of drug-likeness (QED) is 0.154. The van der Waals surface area contributed by atoms with Crippen LogP contribution >= 0.6 is 0 Å². The molecule has 1 fully saturated rings. The minimum atomic E-state index is -0.603.